The number of carbonyl (C=O) groups excluding carboxylic acids is 2. The number of amides is 2. The van der Waals surface area contributed by atoms with Gasteiger partial charge in [-0.15, -0.1) is 0 Å². The lowest BCUT2D eigenvalue weighted by atomic mass is 10.1. The molecule has 0 aliphatic carbocycles. The summed E-state index contributed by atoms with van der Waals surface area (Å²) in [6, 6.07) is 8.66. The Bertz CT molecular complexity index is 1050. The average Bonchev–Trinajstić information content (AvgIpc) is 3.23. The molecule has 1 atom stereocenters. The first-order chi connectivity index (χ1) is 14.4. The Morgan fingerprint density at radius 1 is 1.07 bits per heavy atom. The molecule has 2 amide bonds. The zero-order valence-corrected chi connectivity index (χ0v) is 17.2. The fraction of sp³-hybridized carbons (Fsp3) is 0.238. The van der Waals surface area contributed by atoms with Gasteiger partial charge in [-0.3, -0.25) is 14.2 Å². The maximum atomic E-state index is 12.6. The van der Waals surface area contributed by atoms with Gasteiger partial charge in [-0.1, -0.05) is 6.07 Å². The maximum absolute atomic E-state index is 12.6. The van der Waals surface area contributed by atoms with Crippen molar-refractivity contribution in [2.24, 2.45) is 0 Å². The van der Waals surface area contributed by atoms with Gasteiger partial charge in [0, 0.05) is 13.1 Å². The van der Waals surface area contributed by atoms with Crippen LogP contribution in [0.4, 0.5) is 5.69 Å². The minimum absolute atomic E-state index is 0.172. The molecule has 0 aliphatic heterocycles. The Morgan fingerprint density at radius 2 is 1.83 bits per heavy atom. The van der Waals surface area contributed by atoms with Crippen molar-refractivity contribution in [1.82, 2.24) is 19.9 Å². The van der Waals surface area contributed by atoms with E-state index in [0.29, 0.717) is 23.0 Å². The van der Waals surface area contributed by atoms with Crippen LogP contribution in [-0.2, 0) is 4.79 Å². The first kappa shape index (κ1) is 20.8. The summed E-state index contributed by atoms with van der Waals surface area (Å²) in [5.41, 5.74) is 1.72. The summed E-state index contributed by atoms with van der Waals surface area (Å²) in [5.74, 6) is 1.30. The molecule has 2 heterocycles. The summed E-state index contributed by atoms with van der Waals surface area (Å²) in [5, 5.41) is 5.57. The van der Waals surface area contributed by atoms with E-state index in [1.54, 1.807) is 43.2 Å². The predicted molar refractivity (Wildman–Crippen MR) is 111 cm³/mol. The van der Waals surface area contributed by atoms with Crippen LogP contribution in [-0.4, -0.2) is 40.6 Å². The Balaban J connectivity index is 1.69. The molecule has 0 spiro atoms. The van der Waals surface area contributed by atoms with Crippen molar-refractivity contribution in [3.05, 3.63) is 60.3 Å². The number of benzene rings is 1. The van der Waals surface area contributed by atoms with Gasteiger partial charge in [-0.2, -0.15) is 0 Å². The monoisotopic (exact) mass is 409 g/mol. The first-order valence-corrected chi connectivity index (χ1v) is 9.22. The molecule has 1 aromatic carbocycles. The maximum Gasteiger partial charge on any atom is 0.271 e. The molecule has 2 N–H and O–H groups in total. The van der Waals surface area contributed by atoms with E-state index in [0.717, 1.165) is 5.56 Å². The van der Waals surface area contributed by atoms with Crippen LogP contribution in [0, 0.1) is 0 Å². The number of nitrogens with zero attached hydrogens (tertiary/aromatic N) is 3. The topological polar surface area (TPSA) is 107 Å². The summed E-state index contributed by atoms with van der Waals surface area (Å²) in [7, 11) is 3.13. The lowest BCUT2D eigenvalue weighted by Gasteiger charge is -2.16. The number of anilines is 1. The van der Waals surface area contributed by atoms with Gasteiger partial charge in [-0.05, 0) is 36.8 Å². The van der Waals surface area contributed by atoms with Gasteiger partial charge >= 0.3 is 0 Å². The van der Waals surface area contributed by atoms with Crippen molar-refractivity contribution >= 4 is 17.5 Å². The standard InChI is InChI=1S/C21H23N5O4/c1-13(15-5-7-18(29-3)19(9-15)30-4)24-21(28)17-11-26(12-23-17)20-8-6-16(10-22-20)25-14(2)27/h5-13H,1-4H3,(H,24,28)(H,25,27)/t13-/m1/s1. The molecule has 156 valence electrons. The van der Waals surface area contributed by atoms with Crippen LogP contribution in [0.5, 0.6) is 11.5 Å². The van der Waals surface area contributed by atoms with Crippen molar-refractivity contribution in [3.63, 3.8) is 0 Å². The van der Waals surface area contributed by atoms with E-state index in [9.17, 15) is 9.59 Å². The van der Waals surface area contributed by atoms with E-state index in [1.165, 1.54) is 19.4 Å². The summed E-state index contributed by atoms with van der Waals surface area (Å²) < 4.78 is 12.2. The van der Waals surface area contributed by atoms with Crippen molar-refractivity contribution in [3.8, 4) is 17.3 Å². The Hall–Kier alpha value is -3.88. The number of nitrogens with one attached hydrogen (secondary N) is 2. The van der Waals surface area contributed by atoms with Crippen molar-refractivity contribution in [2.45, 2.75) is 19.9 Å². The number of ether oxygens (including phenoxy) is 2. The fourth-order valence-electron chi connectivity index (χ4n) is 2.86. The van der Waals surface area contributed by atoms with Gasteiger partial charge in [0.05, 0.1) is 32.1 Å². The largest absolute Gasteiger partial charge is 0.493 e. The van der Waals surface area contributed by atoms with E-state index in [4.69, 9.17) is 9.47 Å². The molecule has 3 aromatic rings. The van der Waals surface area contributed by atoms with Gasteiger partial charge in [0.25, 0.3) is 5.91 Å². The molecule has 0 saturated heterocycles. The van der Waals surface area contributed by atoms with Crippen LogP contribution < -0.4 is 20.1 Å². The molecular weight excluding hydrogens is 386 g/mol. The second-order valence-corrected chi connectivity index (χ2v) is 6.56. The molecule has 0 fully saturated rings. The van der Waals surface area contributed by atoms with E-state index in [1.807, 2.05) is 19.1 Å². The highest BCUT2D eigenvalue weighted by atomic mass is 16.5. The average molecular weight is 409 g/mol. The van der Waals surface area contributed by atoms with Crippen LogP contribution >= 0.6 is 0 Å². The molecule has 9 heteroatoms. The van der Waals surface area contributed by atoms with Crippen LogP contribution in [0.15, 0.2) is 49.1 Å². The molecule has 0 bridgehead atoms. The van der Waals surface area contributed by atoms with Crippen LogP contribution in [0.2, 0.25) is 0 Å². The van der Waals surface area contributed by atoms with E-state index in [-0.39, 0.29) is 23.6 Å². The first-order valence-electron chi connectivity index (χ1n) is 9.22. The number of carbonyl (C=O) groups is 2. The molecule has 9 nitrogen and oxygen atoms in total. The third-order valence-electron chi connectivity index (χ3n) is 4.40. The van der Waals surface area contributed by atoms with Crippen LogP contribution in [0.3, 0.4) is 0 Å². The number of hydrogen-bond donors (Lipinski definition) is 2. The summed E-state index contributed by atoms with van der Waals surface area (Å²) >= 11 is 0. The van der Waals surface area contributed by atoms with Crippen LogP contribution in [0.25, 0.3) is 5.82 Å². The quantitative estimate of drug-likeness (QED) is 0.621. The molecule has 3 rings (SSSR count). The number of imidazole rings is 1. The van der Waals surface area contributed by atoms with E-state index in [2.05, 4.69) is 20.6 Å². The molecule has 2 aromatic heterocycles. The number of hydrogen-bond acceptors (Lipinski definition) is 6. The van der Waals surface area contributed by atoms with Gasteiger partial charge in [-0.25, -0.2) is 9.97 Å². The van der Waals surface area contributed by atoms with Gasteiger partial charge in [0.1, 0.15) is 17.8 Å². The lowest BCUT2D eigenvalue weighted by molar-refractivity contribution is -0.114. The number of methoxy groups -OCH3 is 2. The van der Waals surface area contributed by atoms with Gasteiger partial charge < -0.3 is 20.1 Å². The minimum Gasteiger partial charge on any atom is -0.493 e. The van der Waals surface area contributed by atoms with Gasteiger partial charge in [0.15, 0.2) is 11.5 Å². The highest BCUT2D eigenvalue weighted by Gasteiger charge is 2.16. The van der Waals surface area contributed by atoms with E-state index >= 15 is 0 Å². The minimum atomic E-state index is -0.314. The number of rotatable bonds is 7. The molecule has 0 unspecified atom stereocenters. The lowest BCUT2D eigenvalue weighted by Crippen LogP contribution is -2.27. The van der Waals surface area contributed by atoms with E-state index < -0.39 is 0 Å². The smallest absolute Gasteiger partial charge is 0.271 e. The molecule has 30 heavy (non-hydrogen) atoms. The van der Waals surface area contributed by atoms with Crippen molar-refractivity contribution in [1.29, 1.82) is 0 Å². The fourth-order valence-corrected chi connectivity index (χ4v) is 2.86. The van der Waals surface area contributed by atoms with Crippen LogP contribution in [0.1, 0.15) is 35.9 Å². The molecular formula is C21H23N5O4. The summed E-state index contributed by atoms with van der Waals surface area (Å²) in [4.78, 5) is 32.1. The molecule has 0 radical (unpaired) electrons. The zero-order valence-electron chi connectivity index (χ0n) is 17.2. The third-order valence-corrected chi connectivity index (χ3v) is 4.40. The highest BCUT2D eigenvalue weighted by Crippen LogP contribution is 2.29. The predicted octanol–water partition coefficient (Wildman–Crippen LogP) is 2.73. The second-order valence-electron chi connectivity index (χ2n) is 6.56. The normalized spacial score (nSPS) is 11.5. The summed E-state index contributed by atoms with van der Waals surface area (Å²) in [6.45, 7) is 3.30. The SMILES string of the molecule is COc1ccc([C@@H](C)NC(=O)c2cn(-c3ccc(NC(C)=O)cn3)cn2)cc1OC. The summed E-state index contributed by atoms with van der Waals surface area (Å²) in [6.07, 6.45) is 4.64. The third kappa shape index (κ3) is 4.75. The molecule has 0 aliphatic rings. The molecule has 0 saturated carbocycles. The Kier molecular flexibility index (Phi) is 6.31. The number of pyridine rings is 1. The van der Waals surface area contributed by atoms with Crippen molar-refractivity contribution < 1.29 is 19.1 Å². The van der Waals surface area contributed by atoms with Gasteiger partial charge in [0.2, 0.25) is 5.91 Å². The van der Waals surface area contributed by atoms with Crippen molar-refractivity contribution in [2.75, 3.05) is 19.5 Å². The zero-order chi connectivity index (χ0) is 21.7. The number of aromatic nitrogens is 3. The highest BCUT2D eigenvalue weighted by molar-refractivity contribution is 5.92. The Labute approximate surface area is 174 Å². The second kappa shape index (κ2) is 9.08. The Morgan fingerprint density at radius 3 is 2.47 bits per heavy atom.